The average Bonchev–Trinajstić information content (AvgIpc) is 3.01. The van der Waals surface area contributed by atoms with Gasteiger partial charge in [-0.05, 0) is 49.7 Å². The van der Waals surface area contributed by atoms with Crippen LogP contribution in [0.1, 0.15) is 28.4 Å². The molecule has 1 heterocycles. The van der Waals surface area contributed by atoms with E-state index in [2.05, 4.69) is 18.3 Å². The topological polar surface area (TPSA) is 56.8 Å². The van der Waals surface area contributed by atoms with Crippen LogP contribution >= 0.6 is 0 Å². The molecule has 0 spiro atoms. The van der Waals surface area contributed by atoms with Gasteiger partial charge in [0.05, 0.1) is 12.7 Å². The van der Waals surface area contributed by atoms with Crippen molar-refractivity contribution in [3.05, 3.63) is 59.2 Å². The van der Waals surface area contributed by atoms with Crippen molar-refractivity contribution in [1.29, 1.82) is 0 Å². The van der Waals surface area contributed by atoms with Gasteiger partial charge in [0.1, 0.15) is 24.7 Å². The molecular weight excluding hydrogens is 318 g/mol. The second kappa shape index (κ2) is 8.03. The van der Waals surface area contributed by atoms with E-state index in [1.54, 1.807) is 13.2 Å². The Balaban J connectivity index is 1.44. The number of esters is 1. The number of nitrogens with one attached hydrogen (secondary N) is 1. The van der Waals surface area contributed by atoms with E-state index in [1.165, 1.54) is 5.56 Å². The van der Waals surface area contributed by atoms with Crippen molar-refractivity contribution in [3.8, 4) is 11.5 Å². The number of hydrogen-bond donors (Lipinski definition) is 1. The number of fused-ring (bicyclic) bond motifs is 1. The van der Waals surface area contributed by atoms with Gasteiger partial charge in [-0.2, -0.15) is 0 Å². The maximum Gasteiger partial charge on any atom is 0.338 e. The van der Waals surface area contributed by atoms with Crippen LogP contribution in [-0.2, 0) is 17.8 Å². The number of para-hydroxylation sites is 1. The number of benzene rings is 2. The van der Waals surface area contributed by atoms with Crippen molar-refractivity contribution in [2.45, 2.75) is 26.0 Å². The van der Waals surface area contributed by atoms with E-state index in [9.17, 15) is 4.79 Å². The number of carbonyl (C=O) groups excluding carboxylic acids is 1. The third-order valence-electron chi connectivity index (χ3n) is 4.24. The van der Waals surface area contributed by atoms with E-state index in [1.807, 2.05) is 30.3 Å². The molecule has 1 atom stereocenters. The molecule has 5 nitrogen and oxygen atoms in total. The molecule has 0 bridgehead atoms. The third kappa shape index (κ3) is 4.31. The Hall–Kier alpha value is -2.53. The SMILES string of the molecule is COc1ccccc1CCNC(C)COc1ccc2c(c1)COC2=O. The van der Waals surface area contributed by atoms with E-state index >= 15 is 0 Å². The quantitative estimate of drug-likeness (QED) is 0.748. The highest BCUT2D eigenvalue weighted by molar-refractivity contribution is 5.93. The van der Waals surface area contributed by atoms with Crippen molar-refractivity contribution >= 4 is 5.97 Å². The molecule has 2 aromatic carbocycles. The molecule has 132 valence electrons. The lowest BCUT2D eigenvalue weighted by molar-refractivity contribution is 0.0535. The van der Waals surface area contributed by atoms with Crippen LogP contribution in [0.3, 0.4) is 0 Å². The van der Waals surface area contributed by atoms with Gasteiger partial charge < -0.3 is 19.5 Å². The van der Waals surface area contributed by atoms with Crippen LogP contribution in [0, 0.1) is 0 Å². The minimum Gasteiger partial charge on any atom is -0.496 e. The zero-order valence-corrected chi connectivity index (χ0v) is 14.6. The Morgan fingerprint density at radius 1 is 1.24 bits per heavy atom. The summed E-state index contributed by atoms with van der Waals surface area (Å²) in [5, 5.41) is 3.45. The van der Waals surface area contributed by atoms with Gasteiger partial charge in [0, 0.05) is 11.6 Å². The van der Waals surface area contributed by atoms with Gasteiger partial charge in [0.15, 0.2) is 0 Å². The Morgan fingerprint density at radius 3 is 2.92 bits per heavy atom. The van der Waals surface area contributed by atoms with E-state index in [-0.39, 0.29) is 12.0 Å². The molecule has 0 amide bonds. The van der Waals surface area contributed by atoms with Crippen LogP contribution in [0.25, 0.3) is 0 Å². The lowest BCUT2D eigenvalue weighted by Crippen LogP contribution is -2.33. The summed E-state index contributed by atoms with van der Waals surface area (Å²) in [5.74, 6) is 1.42. The highest BCUT2D eigenvalue weighted by Gasteiger charge is 2.21. The summed E-state index contributed by atoms with van der Waals surface area (Å²) in [6, 6.07) is 13.7. The monoisotopic (exact) mass is 341 g/mol. The number of hydrogen-bond acceptors (Lipinski definition) is 5. The summed E-state index contributed by atoms with van der Waals surface area (Å²) in [5.41, 5.74) is 2.71. The van der Waals surface area contributed by atoms with Gasteiger partial charge >= 0.3 is 5.97 Å². The molecule has 1 N–H and O–H groups in total. The maximum absolute atomic E-state index is 11.4. The minimum absolute atomic E-state index is 0.209. The summed E-state index contributed by atoms with van der Waals surface area (Å²) < 4.78 is 16.2. The van der Waals surface area contributed by atoms with Crippen molar-refractivity contribution in [2.75, 3.05) is 20.3 Å². The fourth-order valence-electron chi connectivity index (χ4n) is 2.84. The molecule has 0 aliphatic carbocycles. The van der Waals surface area contributed by atoms with Crippen molar-refractivity contribution in [3.63, 3.8) is 0 Å². The molecule has 0 saturated heterocycles. The largest absolute Gasteiger partial charge is 0.496 e. The number of methoxy groups -OCH3 is 1. The summed E-state index contributed by atoms with van der Waals surface area (Å²) in [7, 11) is 1.69. The second-order valence-corrected chi connectivity index (χ2v) is 6.12. The first kappa shape index (κ1) is 17.3. The molecule has 3 rings (SSSR count). The van der Waals surface area contributed by atoms with Gasteiger partial charge in [-0.15, -0.1) is 0 Å². The molecule has 0 radical (unpaired) electrons. The molecule has 1 aliphatic rings. The smallest absolute Gasteiger partial charge is 0.338 e. The Labute approximate surface area is 147 Å². The number of carbonyl (C=O) groups is 1. The third-order valence-corrected chi connectivity index (χ3v) is 4.24. The minimum atomic E-state index is -0.257. The molecule has 25 heavy (non-hydrogen) atoms. The van der Waals surface area contributed by atoms with Crippen molar-refractivity contribution in [2.24, 2.45) is 0 Å². The highest BCUT2D eigenvalue weighted by Crippen LogP contribution is 2.24. The van der Waals surface area contributed by atoms with E-state index in [4.69, 9.17) is 14.2 Å². The maximum atomic E-state index is 11.4. The van der Waals surface area contributed by atoms with E-state index < -0.39 is 0 Å². The predicted molar refractivity (Wildman–Crippen MR) is 95.2 cm³/mol. The number of rotatable bonds is 8. The number of cyclic esters (lactones) is 1. The molecule has 5 heteroatoms. The Kier molecular flexibility index (Phi) is 5.56. The zero-order chi connectivity index (χ0) is 17.6. The second-order valence-electron chi connectivity index (χ2n) is 6.12. The Bertz CT molecular complexity index is 744. The van der Waals surface area contributed by atoms with Crippen LogP contribution in [0.4, 0.5) is 0 Å². The zero-order valence-electron chi connectivity index (χ0n) is 14.6. The molecule has 0 aromatic heterocycles. The standard InChI is InChI=1S/C20H23NO4/c1-14(21-10-9-15-5-3-4-6-19(15)23-2)12-24-17-7-8-18-16(11-17)13-25-20(18)22/h3-8,11,14,21H,9-10,12-13H2,1-2H3. The van der Waals surface area contributed by atoms with Crippen LogP contribution in [0.5, 0.6) is 11.5 Å². The first-order valence-electron chi connectivity index (χ1n) is 8.45. The van der Waals surface area contributed by atoms with Gasteiger partial charge in [0.2, 0.25) is 0 Å². The fourth-order valence-corrected chi connectivity index (χ4v) is 2.84. The van der Waals surface area contributed by atoms with Crippen molar-refractivity contribution < 1.29 is 19.0 Å². The van der Waals surface area contributed by atoms with Crippen LogP contribution in [0.2, 0.25) is 0 Å². The molecule has 1 aliphatic heterocycles. The summed E-state index contributed by atoms with van der Waals surface area (Å²) >= 11 is 0. The first-order valence-corrected chi connectivity index (χ1v) is 8.45. The normalized spacial score (nSPS) is 13.9. The van der Waals surface area contributed by atoms with Crippen LogP contribution in [-0.4, -0.2) is 32.3 Å². The Morgan fingerprint density at radius 2 is 2.08 bits per heavy atom. The first-order chi connectivity index (χ1) is 12.2. The van der Waals surface area contributed by atoms with Crippen LogP contribution in [0.15, 0.2) is 42.5 Å². The van der Waals surface area contributed by atoms with Crippen molar-refractivity contribution in [1.82, 2.24) is 5.32 Å². The summed E-state index contributed by atoms with van der Waals surface area (Å²) in [6.45, 7) is 3.82. The lowest BCUT2D eigenvalue weighted by Gasteiger charge is -2.16. The average molecular weight is 341 g/mol. The van der Waals surface area contributed by atoms with Gasteiger partial charge in [-0.3, -0.25) is 0 Å². The summed E-state index contributed by atoms with van der Waals surface area (Å²) in [6.07, 6.45) is 0.895. The molecule has 0 saturated carbocycles. The fraction of sp³-hybridized carbons (Fsp3) is 0.350. The van der Waals surface area contributed by atoms with Gasteiger partial charge in [-0.25, -0.2) is 4.79 Å². The molecule has 2 aromatic rings. The highest BCUT2D eigenvalue weighted by atomic mass is 16.5. The van der Waals surface area contributed by atoms with Crippen LogP contribution < -0.4 is 14.8 Å². The molecular formula is C20H23NO4. The van der Waals surface area contributed by atoms with Gasteiger partial charge in [-0.1, -0.05) is 18.2 Å². The number of ether oxygens (including phenoxy) is 3. The van der Waals surface area contributed by atoms with E-state index in [0.717, 1.165) is 30.0 Å². The van der Waals surface area contributed by atoms with E-state index in [0.29, 0.717) is 18.8 Å². The molecule has 1 unspecified atom stereocenters. The molecule has 0 fully saturated rings. The predicted octanol–water partition coefficient (Wildman–Crippen LogP) is 2.97. The lowest BCUT2D eigenvalue weighted by atomic mass is 10.1. The van der Waals surface area contributed by atoms with Gasteiger partial charge in [0.25, 0.3) is 0 Å². The summed E-state index contributed by atoms with van der Waals surface area (Å²) in [4.78, 5) is 11.4.